The van der Waals surface area contributed by atoms with Gasteiger partial charge in [-0.3, -0.25) is 0 Å². The van der Waals surface area contributed by atoms with E-state index in [0.29, 0.717) is 5.13 Å². The van der Waals surface area contributed by atoms with E-state index in [-0.39, 0.29) is 0 Å². The molecule has 0 aromatic carbocycles. The Balaban J connectivity index is 2.97. The fourth-order valence-electron chi connectivity index (χ4n) is 0.370. The molecule has 5 heteroatoms. The van der Waals surface area contributed by atoms with Gasteiger partial charge in [0, 0.05) is 0 Å². The Morgan fingerprint density at radius 2 is 2.44 bits per heavy atom. The summed E-state index contributed by atoms with van der Waals surface area (Å²) in [4.78, 5) is 12.9. The van der Waals surface area contributed by atoms with E-state index in [1.54, 1.807) is 6.92 Å². The normalized spacial score (nSPS) is 8.56. The molecule has 1 aromatic rings. The predicted molar refractivity (Wildman–Crippen MR) is 32.4 cm³/mol. The Morgan fingerprint density at radius 3 is 2.89 bits per heavy atom. The Hall–Kier alpha value is -1.06. The maximum atomic E-state index is 9.63. The molecule has 0 saturated carbocycles. The van der Waals surface area contributed by atoms with Crippen LogP contribution in [-0.4, -0.2) is 16.3 Å². The second-order valence-corrected chi connectivity index (χ2v) is 2.47. The van der Waals surface area contributed by atoms with Crippen LogP contribution in [0.3, 0.4) is 0 Å². The minimum Gasteiger partial charge on any atom is -0.211 e. The standard InChI is InChI=1S/C4H3N3OS/c1-3-6-7-4(9-3)5-2-8/h1H3. The zero-order valence-corrected chi connectivity index (χ0v) is 5.47. The number of hydrogen-bond donors (Lipinski definition) is 0. The topological polar surface area (TPSA) is 55.2 Å². The van der Waals surface area contributed by atoms with Crippen LogP contribution in [0.15, 0.2) is 4.99 Å². The first-order valence-electron chi connectivity index (χ1n) is 2.21. The van der Waals surface area contributed by atoms with Crippen molar-refractivity contribution >= 4 is 22.5 Å². The van der Waals surface area contributed by atoms with Crippen LogP contribution in [0.25, 0.3) is 0 Å². The highest BCUT2D eigenvalue weighted by molar-refractivity contribution is 7.14. The van der Waals surface area contributed by atoms with Gasteiger partial charge in [-0.2, -0.15) is 0 Å². The molecule has 46 valence electrons. The summed E-state index contributed by atoms with van der Waals surface area (Å²) in [7, 11) is 0. The van der Waals surface area contributed by atoms with Crippen LogP contribution in [0.2, 0.25) is 0 Å². The minimum atomic E-state index is 0.363. The van der Waals surface area contributed by atoms with Gasteiger partial charge in [-0.15, -0.1) is 15.2 Å². The van der Waals surface area contributed by atoms with Crippen LogP contribution in [0.1, 0.15) is 5.01 Å². The van der Waals surface area contributed by atoms with Crippen molar-refractivity contribution < 1.29 is 4.79 Å². The largest absolute Gasteiger partial charge is 0.242 e. The molecule has 1 aromatic heterocycles. The predicted octanol–water partition coefficient (Wildman–Crippen LogP) is 0.814. The molecule has 0 radical (unpaired) electrons. The molecule has 0 aliphatic rings. The highest BCUT2D eigenvalue weighted by Gasteiger charge is 1.94. The lowest BCUT2D eigenvalue weighted by molar-refractivity contribution is 0.565. The molecule has 0 aliphatic carbocycles. The van der Waals surface area contributed by atoms with Crippen molar-refractivity contribution in [2.75, 3.05) is 0 Å². The van der Waals surface area contributed by atoms with E-state index in [1.807, 2.05) is 0 Å². The van der Waals surface area contributed by atoms with E-state index >= 15 is 0 Å². The molecule has 9 heavy (non-hydrogen) atoms. The molecule has 0 aliphatic heterocycles. The van der Waals surface area contributed by atoms with E-state index in [9.17, 15) is 4.79 Å². The van der Waals surface area contributed by atoms with E-state index in [4.69, 9.17) is 0 Å². The van der Waals surface area contributed by atoms with Crippen LogP contribution < -0.4 is 0 Å². The zero-order chi connectivity index (χ0) is 6.69. The number of hydrogen-bond acceptors (Lipinski definition) is 5. The average molecular weight is 141 g/mol. The van der Waals surface area contributed by atoms with Gasteiger partial charge in [-0.05, 0) is 6.92 Å². The summed E-state index contributed by atoms with van der Waals surface area (Å²) < 4.78 is 0. The summed E-state index contributed by atoms with van der Waals surface area (Å²) in [5.41, 5.74) is 0. The Morgan fingerprint density at radius 1 is 1.67 bits per heavy atom. The van der Waals surface area contributed by atoms with Gasteiger partial charge in [0.15, 0.2) is 0 Å². The molecular weight excluding hydrogens is 138 g/mol. The van der Waals surface area contributed by atoms with Gasteiger partial charge in [-0.25, -0.2) is 4.79 Å². The maximum absolute atomic E-state index is 9.63. The van der Waals surface area contributed by atoms with Gasteiger partial charge < -0.3 is 0 Å². The smallest absolute Gasteiger partial charge is 0.211 e. The van der Waals surface area contributed by atoms with Crippen LogP contribution >= 0.6 is 11.3 Å². The van der Waals surface area contributed by atoms with E-state index < -0.39 is 0 Å². The van der Waals surface area contributed by atoms with Crippen molar-refractivity contribution in [2.45, 2.75) is 6.92 Å². The number of aliphatic imine (C=N–C) groups is 1. The number of nitrogens with zero attached hydrogens (tertiary/aromatic N) is 3. The molecule has 0 spiro atoms. The lowest BCUT2D eigenvalue weighted by Gasteiger charge is -1.67. The van der Waals surface area contributed by atoms with Gasteiger partial charge in [0.05, 0.1) is 0 Å². The van der Waals surface area contributed by atoms with Crippen molar-refractivity contribution in [3.63, 3.8) is 0 Å². The summed E-state index contributed by atoms with van der Waals surface area (Å²) in [6, 6.07) is 0. The molecule has 0 atom stereocenters. The molecule has 1 rings (SSSR count). The summed E-state index contributed by atoms with van der Waals surface area (Å²) in [5.74, 6) is 0. The van der Waals surface area contributed by atoms with Gasteiger partial charge in [0.1, 0.15) is 5.01 Å². The maximum Gasteiger partial charge on any atom is 0.242 e. The zero-order valence-electron chi connectivity index (χ0n) is 4.66. The number of rotatable bonds is 1. The molecule has 0 fully saturated rings. The third kappa shape index (κ3) is 1.42. The quantitative estimate of drug-likeness (QED) is 0.429. The SMILES string of the molecule is Cc1nnc(N=C=O)s1. The fraction of sp³-hybridized carbons (Fsp3) is 0.250. The second kappa shape index (κ2) is 2.48. The highest BCUT2D eigenvalue weighted by Crippen LogP contribution is 2.15. The summed E-state index contributed by atoms with van der Waals surface area (Å²) in [5, 5.41) is 8.33. The first kappa shape index (κ1) is 6.07. The van der Waals surface area contributed by atoms with Crippen molar-refractivity contribution in [1.82, 2.24) is 10.2 Å². The lowest BCUT2D eigenvalue weighted by Crippen LogP contribution is -1.66. The Bertz CT molecular complexity index is 250. The first-order chi connectivity index (χ1) is 4.33. The number of isocyanates is 1. The van der Waals surface area contributed by atoms with Gasteiger partial charge in [0.2, 0.25) is 11.2 Å². The monoisotopic (exact) mass is 141 g/mol. The minimum absolute atomic E-state index is 0.363. The average Bonchev–Trinajstić information content (AvgIpc) is 2.17. The van der Waals surface area contributed by atoms with Crippen molar-refractivity contribution in [3.8, 4) is 0 Å². The van der Waals surface area contributed by atoms with Crippen LogP contribution in [0.5, 0.6) is 0 Å². The second-order valence-electron chi connectivity index (χ2n) is 1.31. The summed E-state index contributed by atoms with van der Waals surface area (Å²) in [6.07, 6.45) is 1.38. The van der Waals surface area contributed by atoms with E-state index in [2.05, 4.69) is 15.2 Å². The van der Waals surface area contributed by atoms with Crippen molar-refractivity contribution in [2.24, 2.45) is 4.99 Å². The third-order valence-corrected chi connectivity index (χ3v) is 1.39. The molecule has 0 N–H and O–H groups in total. The molecule has 1 heterocycles. The Kier molecular flexibility index (Phi) is 1.67. The highest BCUT2D eigenvalue weighted by atomic mass is 32.1. The van der Waals surface area contributed by atoms with Crippen LogP contribution in [-0.2, 0) is 4.79 Å². The lowest BCUT2D eigenvalue weighted by atomic mass is 10.9. The van der Waals surface area contributed by atoms with Crippen LogP contribution in [0, 0.1) is 6.92 Å². The molecule has 0 amide bonds. The summed E-state index contributed by atoms with van der Waals surface area (Å²) in [6.45, 7) is 1.79. The molecule has 0 bridgehead atoms. The molecular formula is C4H3N3OS. The van der Waals surface area contributed by atoms with Crippen molar-refractivity contribution in [3.05, 3.63) is 5.01 Å². The van der Waals surface area contributed by atoms with Gasteiger partial charge in [0.25, 0.3) is 0 Å². The van der Waals surface area contributed by atoms with Gasteiger partial charge in [-0.1, -0.05) is 11.3 Å². The van der Waals surface area contributed by atoms with E-state index in [1.165, 1.54) is 17.4 Å². The third-order valence-electron chi connectivity index (χ3n) is 0.657. The Labute approximate surface area is 55.3 Å². The number of aromatic nitrogens is 2. The van der Waals surface area contributed by atoms with Gasteiger partial charge >= 0.3 is 0 Å². The van der Waals surface area contributed by atoms with Crippen molar-refractivity contribution in [1.29, 1.82) is 0 Å². The molecule has 0 unspecified atom stereocenters. The molecule has 4 nitrogen and oxygen atoms in total. The first-order valence-corrected chi connectivity index (χ1v) is 3.02. The van der Waals surface area contributed by atoms with Crippen LogP contribution in [0.4, 0.5) is 5.13 Å². The van der Waals surface area contributed by atoms with E-state index in [0.717, 1.165) is 5.01 Å². The number of aryl methyl sites for hydroxylation is 1. The summed E-state index contributed by atoms with van der Waals surface area (Å²) >= 11 is 1.26. The fourth-order valence-corrected chi connectivity index (χ4v) is 0.881. The molecule has 0 saturated heterocycles. The number of carbonyl (C=O) groups excluding carboxylic acids is 1.